The lowest BCUT2D eigenvalue weighted by molar-refractivity contribution is -0.149. The van der Waals surface area contributed by atoms with Crippen LogP contribution in [-0.2, 0) is 0 Å². The maximum Gasteiger partial charge on any atom is 0.401 e. The molecule has 16 heavy (non-hydrogen) atoms. The van der Waals surface area contributed by atoms with E-state index in [4.69, 9.17) is 0 Å². The number of halogens is 3. The Morgan fingerprint density at radius 2 is 1.81 bits per heavy atom. The Morgan fingerprint density at radius 3 is 2.25 bits per heavy atom. The summed E-state index contributed by atoms with van der Waals surface area (Å²) in [5, 5.41) is 3.15. The summed E-state index contributed by atoms with van der Waals surface area (Å²) in [6, 6.07) is -0.0744. The van der Waals surface area contributed by atoms with Gasteiger partial charge in [-0.2, -0.15) is 13.2 Å². The highest BCUT2D eigenvalue weighted by Gasteiger charge is 2.31. The van der Waals surface area contributed by atoms with E-state index in [1.54, 1.807) is 13.8 Å². The van der Waals surface area contributed by atoms with Gasteiger partial charge in [0.05, 0.1) is 6.54 Å². The van der Waals surface area contributed by atoms with Crippen molar-refractivity contribution in [1.82, 2.24) is 10.2 Å². The van der Waals surface area contributed by atoms with Gasteiger partial charge in [-0.25, -0.2) is 0 Å². The number of nitrogens with one attached hydrogen (secondary N) is 1. The summed E-state index contributed by atoms with van der Waals surface area (Å²) in [4.78, 5) is 1.44. The Labute approximate surface area is 96.2 Å². The van der Waals surface area contributed by atoms with Crippen LogP contribution < -0.4 is 5.32 Å². The predicted octanol–water partition coefficient (Wildman–Crippen LogP) is 2.65. The summed E-state index contributed by atoms with van der Waals surface area (Å²) in [6.07, 6.45) is -1.93. The molecule has 0 atom stereocenters. The minimum atomic E-state index is -4.10. The van der Waals surface area contributed by atoms with E-state index in [0.29, 0.717) is 13.1 Å². The van der Waals surface area contributed by atoms with Gasteiger partial charge in [0.25, 0.3) is 0 Å². The van der Waals surface area contributed by atoms with Crippen molar-refractivity contribution in [3.05, 3.63) is 0 Å². The first-order valence-electron chi connectivity index (χ1n) is 5.88. The van der Waals surface area contributed by atoms with Crippen molar-refractivity contribution >= 4 is 0 Å². The molecule has 0 aromatic carbocycles. The van der Waals surface area contributed by atoms with Gasteiger partial charge in [-0.3, -0.25) is 4.90 Å². The molecule has 5 heteroatoms. The van der Waals surface area contributed by atoms with Gasteiger partial charge in [-0.05, 0) is 26.8 Å². The molecule has 0 radical (unpaired) electrons. The zero-order chi connectivity index (χ0) is 12.6. The number of nitrogens with zero attached hydrogens (tertiary/aromatic N) is 1. The fourth-order valence-electron chi connectivity index (χ4n) is 1.40. The molecule has 0 saturated carbocycles. The van der Waals surface area contributed by atoms with Crippen LogP contribution >= 0.6 is 0 Å². The predicted molar refractivity (Wildman–Crippen MR) is 60.5 cm³/mol. The summed E-state index contributed by atoms with van der Waals surface area (Å²) < 4.78 is 36.7. The molecule has 0 aromatic heterocycles. The molecule has 0 aromatic rings. The molecule has 0 saturated heterocycles. The average Bonchev–Trinajstić information content (AvgIpc) is 2.13. The van der Waals surface area contributed by atoms with Crippen LogP contribution in [0.3, 0.4) is 0 Å². The zero-order valence-corrected chi connectivity index (χ0v) is 10.4. The van der Waals surface area contributed by atoms with Crippen LogP contribution in [0.2, 0.25) is 0 Å². The molecular weight excluding hydrogens is 217 g/mol. The van der Waals surface area contributed by atoms with Crippen molar-refractivity contribution in [3.8, 4) is 0 Å². The fourth-order valence-corrected chi connectivity index (χ4v) is 1.40. The number of hydrogen-bond donors (Lipinski definition) is 1. The third-order valence-electron chi connectivity index (χ3n) is 2.40. The molecule has 0 spiro atoms. The lowest BCUT2D eigenvalue weighted by Crippen LogP contribution is -2.42. The van der Waals surface area contributed by atoms with Gasteiger partial charge in [-0.1, -0.05) is 13.3 Å². The zero-order valence-electron chi connectivity index (χ0n) is 10.4. The van der Waals surface area contributed by atoms with E-state index in [-0.39, 0.29) is 6.04 Å². The molecular formula is C11H23F3N2. The third-order valence-corrected chi connectivity index (χ3v) is 2.40. The van der Waals surface area contributed by atoms with E-state index in [2.05, 4.69) is 12.2 Å². The summed E-state index contributed by atoms with van der Waals surface area (Å²) in [7, 11) is 0. The lowest BCUT2D eigenvalue weighted by Gasteiger charge is -2.27. The molecule has 0 amide bonds. The van der Waals surface area contributed by atoms with Crippen LogP contribution in [0.4, 0.5) is 13.2 Å². The van der Waals surface area contributed by atoms with Crippen LogP contribution in [0.15, 0.2) is 0 Å². The van der Waals surface area contributed by atoms with E-state index in [9.17, 15) is 13.2 Å². The second-order valence-corrected chi connectivity index (χ2v) is 4.28. The van der Waals surface area contributed by atoms with Gasteiger partial charge in [0.15, 0.2) is 0 Å². The smallest absolute Gasteiger partial charge is 0.315 e. The van der Waals surface area contributed by atoms with Gasteiger partial charge in [0, 0.05) is 19.1 Å². The van der Waals surface area contributed by atoms with E-state index in [1.807, 2.05) is 0 Å². The molecule has 98 valence electrons. The highest BCUT2D eigenvalue weighted by molar-refractivity contribution is 4.68. The topological polar surface area (TPSA) is 15.3 Å². The molecule has 0 unspecified atom stereocenters. The normalized spacial score (nSPS) is 12.8. The number of rotatable bonds is 8. The summed E-state index contributed by atoms with van der Waals surface area (Å²) in [6.45, 7) is 6.80. The van der Waals surface area contributed by atoms with Crippen molar-refractivity contribution < 1.29 is 13.2 Å². The van der Waals surface area contributed by atoms with Crippen LogP contribution in [0.1, 0.15) is 33.6 Å². The maximum atomic E-state index is 12.2. The summed E-state index contributed by atoms with van der Waals surface area (Å²) in [5.74, 6) is 0. The Hall–Kier alpha value is -0.290. The second-order valence-electron chi connectivity index (χ2n) is 4.28. The molecule has 0 rings (SSSR count). The molecule has 0 heterocycles. The first kappa shape index (κ1) is 15.7. The molecule has 2 nitrogen and oxygen atoms in total. The minimum absolute atomic E-state index is 0.0744. The van der Waals surface area contributed by atoms with Crippen molar-refractivity contribution in [3.63, 3.8) is 0 Å². The van der Waals surface area contributed by atoms with Crippen LogP contribution in [0, 0.1) is 0 Å². The average molecular weight is 240 g/mol. The van der Waals surface area contributed by atoms with Gasteiger partial charge in [-0.15, -0.1) is 0 Å². The van der Waals surface area contributed by atoms with Crippen molar-refractivity contribution in [2.24, 2.45) is 0 Å². The number of alkyl halides is 3. The lowest BCUT2D eigenvalue weighted by atomic mass is 10.3. The maximum absolute atomic E-state index is 12.2. The summed E-state index contributed by atoms with van der Waals surface area (Å²) in [5.41, 5.74) is 0. The Bertz CT molecular complexity index is 169. The highest BCUT2D eigenvalue weighted by atomic mass is 19.4. The Morgan fingerprint density at radius 1 is 1.19 bits per heavy atom. The molecule has 0 fully saturated rings. The van der Waals surface area contributed by atoms with Crippen LogP contribution in [0.25, 0.3) is 0 Å². The number of hydrogen-bond acceptors (Lipinski definition) is 2. The van der Waals surface area contributed by atoms with E-state index < -0.39 is 12.7 Å². The van der Waals surface area contributed by atoms with Gasteiger partial charge < -0.3 is 5.32 Å². The van der Waals surface area contributed by atoms with Gasteiger partial charge in [0.2, 0.25) is 0 Å². The first-order chi connectivity index (χ1) is 7.37. The molecule has 0 aliphatic rings. The monoisotopic (exact) mass is 240 g/mol. The third kappa shape index (κ3) is 8.97. The van der Waals surface area contributed by atoms with E-state index in [1.165, 1.54) is 4.90 Å². The first-order valence-corrected chi connectivity index (χ1v) is 5.88. The van der Waals surface area contributed by atoms with Crippen molar-refractivity contribution in [2.75, 3.05) is 26.2 Å². The molecule has 0 aliphatic heterocycles. The molecule has 0 aliphatic carbocycles. The number of unbranched alkanes of at least 4 members (excludes halogenated alkanes) is 1. The SMILES string of the molecule is CCCCNCCN(CC(F)(F)F)C(C)C. The largest absolute Gasteiger partial charge is 0.401 e. The molecule has 1 N–H and O–H groups in total. The quantitative estimate of drug-likeness (QED) is 0.656. The summed E-state index contributed by atoms with van der Waals surface area (Å²) >= 11 is 0. The van der Waals surface area contributed by atoms with E-state index in [0.717, 1.165) is 19.4 Å². The second kappa shape index (κ2) is 7.90. The minimum Gasteiger partial charge on any atom is -0.315 e. The fraction of sp³-hybridized carbons (Fsp3) is 1.00. The standard InChI is InChI=1S/C11H23F3N2/c1-4-5-6-15-7-8-16(10(2)3)9-11(12,13)14/h10,15H,4-9H2,1-3H3. The Balaban J connectivity index is 3.78. The van der Waals surface area contributed by atoms with E-state index >= 15 is 0 Å². The Kier molecular flexibility index (Phi) is 7.76. The van der Waals surface area contributed by atoms with Crippen molar-refractivity contribution in [2.45, 2.75) is 45.8 Å². The van der Waals surface area contributed by atoms with Crippen molar-refractivity contribution in [1.29, 1.82) is 0 Å². The molecule has 0 bridgehead atoms. The van der Waals surface area contributed by atoms with Gasteiger partial charge >= 0.3 is 6.18 Å². The highest BCUT2D eigenvalue weighted by Crippen LogP contribution is 2.17. The van der Waals surface area contributed by atoms with Crippen LogP contribution in [-0.4, -0.2) is 43.3 Å². The van der Waals surface area contributed by atoms with Gasteiger partial charge in [0.1, 0.15) is 0 Å². The van der Waals surface area contributed by atoms with Crippen LogP contribution in [0.5, 0.6) is 0 Å².